The summed E-state index contributed by atoms with van der Waals surface area (Å²) < 4.78 is 24.8. The smallest absolute Gasteiger partial charge is 0.343 e. The Hall–Kier alpha value is -3.48. The number of ether oxygens (including phenoxy) is 4. The normalized spacial score (nSPS) is 11.1. The first kappa shape index (κ1) is 40.7. The van der Waals surface area contributed by atoms with E-state index in [9.17, 15) is 9.59 Å². The third-order valence-electron chi connectivity index (χ3n) is 8.14. The molecule has 0 aromatic heterocycles. The van der Waals surface area contributed by atoms with E-state index < -0.39 is 5.97 Å². The molecule has 0 saturated heterocycles. The quantitative estimate of drug-likeness (QED) is 0.0401. The van der Waals surface area contributed by atoms with Crippen LogP contribution >= 0.6 is 0 Å². The molecule has 0 radical (unpaired) electrons. The molecule has 7 heteroatoms. The molecule has 1 N–H and O–H groups in total. The second-order valence-corrected chi connectivity index (χ2v) is 12.7. The molecule has 0 atom stereocenters. The van der Waals surface area contributed by atoms with E-state index in [-0.39, 0.29) is 5.78 Å². The maximum absolute atomic E-state index is 13.5. The number of nitrogens with one attached hydrogen (secondary N) is 1. The Balaban J connectivity index is 2.22. The molecular formula is C41H63NO6. The van der Waals surface area contributed by atoms with Crippen molar-refractivity contribution in [1.29, 1.82) is 0 Å². The average molecular weight is 666 g/mol. The average Bonchev–Trinajstić information content (AvgIpc) is 3.08. The fourth-order valence-corrected chi connectivity index (χ4v) is 5.28. The molecule has 7 nitrogen and oxygen atoms in total. The second-order valence-electron chi connectivity index (χ2n) is 12.7. The summed E-state index contributed by atoms with van der Waals surface area (Å²) in [6, 6.07) is 10.5. The zero-order chi connectivity index (χ0) is 34.7. The van der Waals surface area contributed by atoms with Crippen molar-refractivity contribution in [3.05, 3.63) is 54.2 Å². The first-order valence-corrected chi connectivity index (χ1v) is 18.8. The van der Waals surface area contributed by atoms with Gasteiger partial charge in [0.2, 0.25) is 5.75 Å². The van der Waals surface area contributed by atoms with Crippen LogP contribution in [-0.4, -0.2) is 31.6 Å². The van der Waals surface area contributed by atoms with Crippen LogP contribution in [0.15, 0.2) is 48.7 Å². The number of carbonyl (C=O) groups excluding carboxylic acids is 2. The lowest BCUT2D eigenvalue weighted by molar-refractivity contribution is -0.112. The van der Waals surface area contributed by atoms with E-state index in [1.54, 1.807) is 42.6 Å². The Morgan fingerprint density at radius 3 is 1.50 bits per heavy atom. The van der Waals surface area contributed by atoms with Gasteiger partial charge in [0, 0.05) is 11.9 Å². The summed E-state index contributed by atoms with van der Waals surface area (Å²) in [6.07, 6.45) is 24.0. The van der Waals surface area contributed by atoms with Crippen molar-refractivity contribution < 1.29 is 28.5 Å². The van der Waals surface area contributed by atoms with Crippen LogP contribution in [0.4, 0.5) is 5.69 Å². The van der Waals surface area contributed by atoms with Crippen LogP contribution in [0.3, 0.4) is 0 Å². The summed E-state index contributed by atoms with van der Waals surface area (Å²) in [5.41, 5.74) is 1.12. The number of esters is 1. The van der Waals surface area contributed by atoms with Gasteiger partial charge in [0.15, 0.2) is 17.3 Å². The summed E-state index contributed by atoms with van der Waals surface area (Å²) in [5, 5.41) is 3.03. The number of benzene rings is 2. The number of unbranched alkanes of at least 4 members (excludes halogenated alkanes) is 15. The highest BCUT2D eigenvalue weighted by Gasteiger charge is 2.20. The predicted molar refractivity (Wildman–Crippen MR) is 198 cm³/mol. The van der Waals surface area contributed by atoms with Crippen molar-refractivity contribution in [3.8, 4) is 23.0 Å². The van der Waals surface area contributed by atoms with Gasteiger partial charge in [0.25, 0.3) is 0 Å². The topological polar surface area (TPSA) is 83.1 Å². The molecule has 0 heterocycles. The van der Waals surface area contributed by atoms with Crippen molar-refractivity contribution in [1.82, 2.24) is 0 Å². The molecule has 0 saturated carbocycles. The summed E-state index contributed by atoms with van der Waals surface area (Å²) in [4.78, 5) is 24.6. The van der Waals surface area contributed by atoms with Crippen molar-refractivity contribution >= 4 is 17.4 Å². The predicted octanol–water partition coefficient (Wildman–Crippen LogP) is 11.6. The fraction of sp³-hybridized carbons (Fsp3) is 0.610. The highest BCUT2D eigenvalue weighted by molar-refractivity contribution is 5.92. The maximum atomic E-state index is 13.5. The minimum Gasteiger partial charge on any atom is -0.490 e. The first-order valence-electron chi connectivity index (χ1n) is 18.8. The number of anilines is 1. The van der Waals surface area contributed by atoms with Crippen molar-refractivity contribution in [2.75, 3.05) is 25.1 Å². The molecule has 0 fully saturated rings. The van der Waals surface area contributed by atoms with Crippen molar-refractivity contribution in [3.63, 3.8) is 0 Å². The molecular weight excluding hydrogens is 602 g/mol. The van der Waals surface area contributed by atoms with Gasteiger partial charge in [-0.15, -0.1) is 0 Å². The van der Waals surface area contributed by atoms with E-state index >= 15 is 0 Å². The number of allylic oxidation sites excluding steroid dienone is 1. The SMILES string of the molecule is CCCCCCCCOc1cc(C(=O)Oc2ccc(N/C=C\C(C)=O)cc2)cc(OCCCCCCCC)c1OCCCCCCCC. The standard InChI is InChI=1S/C41H63NO6/c1-5-8-11-14-17-20-29-45-38-32-35(41(44)48-37-25-23-36(24-26-37)42-28-27-34(4)43)33-39(46-30-21-18-15-12-9-6-2)40(38)47-31-22-19-16-13-10-7-3/h23-28,32-33,42H,5-22,29-31H2,1-4H3/b28-27-. The molecule has 0 unspecified atom stereocenters. The monoisotopic (exact) mass is 665 g/mol. The van der Waals surface area contributed by atoms with Crippen LogP contribution in [0.1, 0.15) is 154 Å². The zero-order valence-electron chi connectivity index (χ0n) is 30.4. The Kier molecular flexibility index (Phi) is 22.4. The van der Waals surface area contributed by atoms with Crippen LogP contribution in [0, 0.1) is 0 Å². The third-order valence-corrected chi connectivity index (χ3v) is 8.14. The number of rotatable bonds is 29. The molecule has 0 bridgehead atoms. The number of hydrogen-bond donors (Lipinski definition) is 1. The molecule has 0 amide bonds. The number of carbonyl (C=O) groups is 2. The number of hydrogen-bond acceptors (Lipinski definition) is 7. The molecule has 48 heavy (non-hydrogen) atoms. The van der Waals surface area contributed by atoms with Gasteiger partial charge in [0.1, 0.15) is 5.75 Å². The van der Waals surface area contributed by atoms with E-state index in [0.29, 0.717) is 48.4 Å². The number of ketones is 1. The summed E-state index contributed by atoms with van der Waals surface area (Å²) in [7, 11) is 0. The Labute approximate surface area is 291 Å². The van der Waals surface area contributed by atoms with Gasteiger partial charge in [-0.3, -0.25) is 4.79 Å². The van der Waals surface area contributed by atoms with Crippen molar-refractivity contribution in [2.45, 2.75) is 143 Å². The Morgan fingerprint density at radius 2 is 1.04 bits per heavy atom. The van der Waals surface area contributed by atoms with Crippen LogP contribution < -0.4 is 24.3 Å². The molecule has 0 aliphatic rings. The highest BCUT2D eigenvalue weighted by atomic mass is 16.5. The molecule has 268 valence electrons. The van der Waals surface area contributed by atoms with Gasteiger partial charge >= 0.3 is 5.97 Å². The molecule has 2 aromatic rings. The van der Waals surface area contributed by atoms with E-state index in [2.05, 4.69) is 26.1 Å². The lowest BCUT2D eigenvalue weighted by atomic mass is 10.1. The highest BCUT2D eigenvalue weighted by Crippen LogP contribution is 2.40. The van der Waals surface area contributed by atoms with E-state index in [0.717, 1.165) is 44.2 Å². The fourth-order valence-electron chi connectivity index (χ4n) is 5.28. The Morgan fingerprint density at radius 1 is 0.604 bits per heavy atom. The van der Waals surface area contributed by atoms with E-state index in [1.807, 2.05) is 0 Å². The van der Waals surface area contributed by atoms with Crippen LogP contribution in [0.25, 0.3) is 0 Å². The first-order chi connectivity index (χ1) is 23.5. The van der Waals surface area contributed by atoms with Gasteiger partial charge in [-0.25, -0.2) is 4.79 Å². The lowest BCUT2D eigenvalue weighted by Gasteiger charge is -2.19. The molecule has 0 spiro atoms. The minimum absolute atomic E-state index is 0.0440. The van der Waals surface area contributed by atoms with Gasteiger partial charge in [-0.05, 0) is 68.7 Å². The van der Waals surface area contributed by atoms with Gasteiger partial charge < -0.3 is 24.3 Å². The van der Waals surface area contributed by atoms with Crippen LogP contribution in [-0.2, 0) is 4.79 Å². The zero-order valence-corrected chi connectivity index (χ0v) is 30.4. The Bertz CT molecular complexity index is 1140. The molecule has 0 aliphatic carbocycles. The van der Waals surface area contributed by atoms with Gasteiger partial charge in [0.05, 0.1) is 25.4 Å². The van der Waals surface area contributed by atoms with Gasteiger partial charge in [-0.1, -0.05) is 117 Å². The molecule has 2 rings (SSSR count). The van der Waals surface area contributed by atoms with E-state index in [1.165, 1.54) is 90.0 Å². The summed E-state index contributed by atoms with van der Waals surface area (Å²) >= 11 is 0. The molecule has 0 aliphatic heterocycles. The van der Waals surface area contributed by atoms with Crippen LogP contribution in [0.5, 0.6) is 23.0 Å². The molecule has 2 aromatic carbocycles. The largest absolute Gasteiger partial charge is 0.490 e. The second kappa shape index (κ2) is 26.5. The van der Waals surface area contributed by atoms with Gasteiger partial charge in [-0.2, -0.15) is 0 Å². The summed E-state index contributed by atoms with van der Waals surface area (Å²) in [5.74, 6) is 1.50. The maximum Gasteiger partial charge on any atom is 0.343 e. The summed E-state index contributed by atoms with van der Waals surface area (Å²) in [6.45, 7) is 9.82. The minimum atomic E-state index is -0.497. The third kappa shape index (κ3) is 18.2. The van der Waals surface area contributed by atoms with Crippen molar-refractivity contribution in [2.24, 2.45) is 0 Å². The lowest BCUT2D eigenvalue weighted by Crippen LogP contribution is -2.12. The van der Waals surface area contributed by atoms with Crippen LogP contribution in [0.2, 0.25) is 0 Å². The van der Waals surface area contributed by atoms with E-state index in [4.69, 9.17) is 18.9 Å².